The van der Waals surface area contributed by atoms with Crippen molar-refractivity contribution in [2.75, 3.05) is 33.9 Å². The summed E-state index contributed by atoms with van der Waals surface area (Å²) in [5.74, 6) is -0.0671. The van der Waals surface area contributed by atoms with Crippen LogP contribution in [0.1, 0.15) is 26.2 Å². The van der Waals surface area contributed by atoms with E-state index in [1.54, 1.807) is 23.9 Å². The molecule has 0 aromatic heterocycles. The van der Waals surface area contributed by atoms with Crippen molar-refractivity contribution >= 4 is 11.8 Å². The molecule has 0 radical (unpaired) electrons. The number of amides is 2. The third-order valence-electron chi connectivity index (χ3n) is 2.87. The Kier molecular flexibility index (Phi) is 5.41. The van der Waals surface area contributed by atoms with Gasteiger partial charge >= 0.3 is 0 Å². The van der Waals surface area contributed by atoms with Gasteiger partial charge in [-0.15, -0.1) is 0 Å². The lowest BCUT2D eigenvalue weighted by Gasteiger charge is -2.26. The molecule has 0 spiro atoms. The number of nitrogens with zero attached hydrogens (tertiary/aromatic N) is 2. The maximum atomic E-state index is 11.9. The van der Waals surface area contributed by atoms with Gasteiger partial charge in [-0.25, -0.2) is 0 Å². The van der Waals surface area contributed by atoms with E-state index in [0.29, 0.717) is 13.2 Å². The number of ether oxygens (including phenoxy) is 1. The van der Waals surface area contributed by atoms with Gasteiger partial charge in [0.05, 0.1) is 0 Å². The summed E-state index contributed by atoms with van der Waals surface area (Å²) in [7, 11) is 3.44. The number of carbonyl (C=O) groups excluding carboxylic acids is 2. The number of carbonyl (C=O) groups is 2. The molecule has 1 heterocycles. The van der Waals surface area contributed by atoms with Crippen molar-refractivity contribution in [3.63, 3.8) is 0 Å². The Labute approximate surface area is 103 Å². The van der Waals surface area contributed by atoms with Gasteiger partial charge in [0.1, 0.15) is 12.6 Å². The molecule has 1 rings (SSSR count). The van der Waals surface area contributed by atoms with Crippen molar-refractivity contribution in [3.05, 3.63) is 0 Å². The zero-order chi connectivity index (χ0) is 12.8. The fourth-order valence-electron chi connectivity index (χ4n) is 2.01. The molecule has 0 aromatic rings. The van der Waals surface area contributed by atoms with Crippen molar-refractivity contribution in [1.82, 2.24) is 9.80 Å². The predicted octanol–water partition coefficient (Wildman–Crippen LogP) is 0.492. The van der Waals surface area contributed by atoms with Crippen LogP contribution in [-0.2, 0) is 14.3 Å². The molecule has 5 heteroatoms. The Morgan fingerprint density at radius 1 is 1.41 bits per heavy atom. The van der Waals surface area contributed by atoms with E-state index in [2.05, 4.69) is 0 Å². The van der Waals surface area contributed by atoms with E-state index in [-0.39, 0.29) is 24.5 Å². The molecule has 1 atom stereocenters. The number of hydrogen-bond donors (Lipinski definition) is 0. The summed E-state index contributed by atoms with van der Waals surface area (Å²) in [6, 6.07) is -0.289. The Morgan fingerprint density at radius 2 is 2.12 bits per heavy atom. The molecule has 17 heavy (non-hydrogen) atoms. The van der Waals surface area contributed by atoms with Crippen molar-refractivity contribution in [1.29, 1.82) is 0 Å². The van der Waals surface area contributed by atoms with Gasteiger partial charge in [0.25, 0.3) is 0 Å². The van der Waals surface area contributed by atoms with Gasteiger partial charge in [-0.1, -0.05) is 6.92 Å². The Morgan fingerprint density at radius 3 is 2.71 bits per heavy atom. The Balaban J connectivity index is 2.51. The van der Waals surface area contributed by atoms with E-state index >= 15 is 0 Å². The highest BCUT2D eigenvalue weighted by Gasteiger charge is 2.34. The van der Waals surface area contributed by atoms with Crippen LogP contribution in [0.4, 0.5) is 0 Å². The van der Waals surface area contributed by atoms with Crippen molar-refractivity contribution in [2.45, 2.75) is 32.2 Å². The second kappa shape index (κ2) is 6.59. The van der Waals surface area contributed by atoms with Gasteiger partial charge in [-0.2, -0.15) is 0 Å². The molecular formula is C12H22N2O3. The van der Waals surface area contributed by atoms with Crippen LogP contribution in [0.5, 0.6) is 0 Å². The van der Waals surface area contributed by atoms with Gasteiger partial charge in [0, 0.05) is 27.2 Å². The molecule has 5 nitrogen and oxygen atoms in total. The Hall–Kier alpha value is -1.10. The molecule has 1 aliphatic heterocycles. The first kappa shape index (κ1) is 14.0. The second-order valence-electron chi connectivity index (χ2n) is 4.53. The largest absolute Gasteiger partial charge is 0.372 e. The molecule has 1 saturated heterocycles. The molecule has 0 N–H and O–H groups in total. The minimum Gasteiger partial charge on any atom is -0.372 e. The average molecular weight is 242 g/mol. The summed E-state index contributed by atoms with van der Waals surface area (Å²) >= 11 is 0. The average Bonchev–Trinajstić information content (AvgIpc) is 2.76. The van der Waals surface area contributed by atoms with Gasteiger partial charge in [-0.3, -0.25) is 9.59 Å². The minimum absolute atomic E-state index is 0.00587. The zero-order valence-electron chi connectivity index (χ0n) is 10.9. The van der Waals surface area contributed by atoms with Crippen LogP contribution in [0.25, 0.3) is 0 Å². The third kappa shape index (κ3) is 3.70. The normalized spacial score (nSPS) is 19.5. The van der Waals surface area contributed by atoms with Crippen LogP contribution in [0, 0.1) is 0 Å². The summed E-state index contributed by atoms with van der Waals surface area (Å²) in [6.45, 7) is 3.34. The summed E-state index contributed by atoms with van der Waals surface area (Å²) in [4.78, 5) is 27.0. The molecule has 1 fully saturated rings. The van der Waals surface area contributed by atoms with Gasteiger partial charge in [-0.05, 0) is 19.3 Å². The number of likely N-dealkylation sites (N-methyl/N-ethyl adjacent to an activating group) is 1. The molecule has 0 aromatic carbocycles. The van der Waals surface area contributed by atoms with Crippen molar-refractivity contribution in [3.8, 4) is 0 Å². The predicted molar refractivity (Wildman–Crippen MR) is 64.5 cm³/mol. The maximum absolute atomic E-state index is 11.9. The molecule has 0 bridgehead atoms. The molecule has 0 aliphatic carbocycles. The number of hydrogen-bond acceptors (Lipinski definition) is 3. The quantitative estimate of drug-likeness (QED) is 0.659. The lowest BCUT2D eigenvalue weighted by Crippen LogP contribution is -2.46. The topological polar surface area (TPSA) is 49.9 Å². The fourth-order valence-corrected chi connectivity index (χ4v) is 2.01. The van der Waals surface area contributed by atoms with Crippen molar-refractivity contribution in [2.24, 2.45) is 0 Å². The molecule has 98 valence electrons. The first-order chi connectivity index (χ1) is 8.07. The molecule has 1 aliphatic rings. The van der Waals surface area contributed by atoms with Crippen LogP contribution < -0.4 is 0 Å². The lowest BCUT2D eigenvalue weighted by molar-refractivity contribution is -0.145. The molecule has 2 amide bonds. The lowest BCUT2D eigenvalue weighted by atomic mass is 10.2. The van der Waals surface area contributed by atoms with Crippen LogP contribution in [-0.4, -0.2) is 61.5 Å². The van der Waals surface area contributed by atoms with E-state index in [9.17, 15) is 9.59 Å². The van der Waals surface area contributed by atoms with Crippen molar-refractivity contribution < 1.29 is 14.3 Å². The number of rotatable bonds is 5. The molecular weight excluding hydrogens is 220 g/mol. The summed E-state index contributed by atoms with van der Waals surface area (Å²) < 4.78 is 5.23. The fraction of sp³-hybridized carbons (Fsp3) is 0.833. The van der Waals surface area contributed by atoms with Gasteiger partial charge in [0.2, 0.25) is 11.8 Å². The highest BCUT2D eigenvalue weighted by atomic mass is 16.5. The van der Waals surface area contributed by atoms with Crippen LogP contribution in [0.2, 0.25) is 0 Å². The Bertz CT molecular complexity index is 279. The summed E-state index contributed by atoms with van der Waals surface area (Å²) in [5, 5.41) is 0. The van der Waals surface area contributed by atoms with Crippen LogP contribution >= 0.6 is 0 Å². The van der Waals surface area contributed by atoms with E-state index in [1.807, 2.05) is 6.92 Å². The highest BCUT2D eigenvalue weighted by molar-refractivity contribution is 5.88. The van der Waals surface area contributed by atoms with Gasteiger partial charge in [0.15, 0.2) is 0 Å². The van der Waals surface area contributed by atoms with E-state index in [4.69, 9.17) is 4.74 Å². The highest BCUT2D eigenvalue weighted by Crippen LogP contribution is 2.18. The van der Waals surface area contributed by atoms with Crippen LogP contribution in [0.3, 0.4) is 0 Å². The standard InChI is InChI=1S/C12H22N2O3/c1-4-8-17-9-11(15)14-7-5-6-10(14)12(16)13(2)3/h10H,4-9H2,1-3H3. The van der Waals surface area contributed by atoms with E-state index < -0.39 is 0 Å². The smallest absolute Gasteiger partial charge is 0.249 e. The van der Waals surface area contributed by atoms with Gasteiger partial charge < -0.3 is 14.5 Å². The monoisotopic (exact) mass is 242 g/mol. The first-order valence-corrected chi connectivity index (χ1v) is 6.16. The zero-order valence-corrected chi connectivity index (χ0v) is 10.9. The molecule has 0 saturated carbocycles. The SMILES string of the molecule is CCCOCC(=O)N1CCCC1C(=O)N(C)C. The van der Waals surface area contributed by atoms with E-state index in [1.165, 1.54) is 0 Å². The maximum Gasteiger partial charge on any atom is 0.249 e. The third-order valence-corrected chi connectivity index (χ3v) is 2.87. The number of likely N-dealkylation sites (tertiary alicyclic amines) is 1. The molecule has 1 unspecified atom stereocenters. The first-order valence-electron chi connectivity index (χ1n) is 6.16. The summed E-state index contributed by atoms with van der Waals surface area (Å²) in [6.07, 6.45) is 2.55. The van der Waals surface area contributed by atoms with E-state index in [0.717, 1.165) is 19.3 Å². The second-order valence-corrected chi connectivity index (χ2v) is 4.53. The van der Waals surface area contributed by atoms with Crippen LogP contribution in [0.15, 0.2) is 0 Å². The summed E-state index contributed by atoms with van der Waals surface area (Å²) in [5.41, 5.74) is 0. The minimum atomic E-state index is -0.289.